The lowest BCUT2D eigenvalue weighted by molar-refractivity contribution is -0.142. The van der Waals surface area contributed by atoms with Crippen LogP contribution in [0.15, 0.2) is 0 Å². The van der Waals surface area contributed by atoms with E-state index in [9.17, 15) is 9.90 Å². The molecule has 2 aliphatic rings. The number of carbonyl (C=O) groups is 1. The van der Waals surface area contributed by atoms with Gasteiger partial charge >= 0.3 is 5.97 Å². The standard InChI is InChI=1S/C12H17N3O3S/c1-6(18-2)10-13-12(19-14-10)15-7-3-4-9(15)8(5-7)11(16)17/h6-9H,3-5H2,1-2H3,(H,16,17). The molecule has 1 aromatic rings. The van der Waals surface area contributed by atoms with Crippen LogP contribution in [0.5, 0.6) is 0 Å². The minimum atomic E-state index is -0.688. The number of nitrogens with zero attached hydrogens (tertiary/aromatic N) is 3. The number of ether oxygens (including phenoxy) is 1. The Kier molecular flexibility index (Phi) is 3.18. The zero-order valence-electron chi connectivity index (χ0n) is 10.9. The van der Waals surface area contributed by atoms with E-state index in [-0.39, 0.29) is 18.1 Å². The molecule has 0 saturated carbocycles. The number of hydrogen-bond donors (Lipinski definition) is 1. The Morgan fingerprint density at radius 2 is 2.37 bits per heavy atom. The monoisotopic (exact) mass is 283 g/mol. The molecule has 3 heterocycles. The van der Waals surface area contributed by atoms with E-state index in [1.807, 2.05) is 6.92 Å². The molecule has 2 aliphatic heterocycles. The van der Waals surface area contributed by atoms with E-state index in [1.54, 1.807) is 7.11 Å². The number of carboxylic acids is 1. The fourth-order valence-electron chi connectivity index (χ4n) is 3.15. The number of aromatic nitrogens is 2. The highest BCUT2D eigenvalue weighted by molar-refractivity contribution is 7.09. The van der Waals surface area contributed by atoms with Crippen molar-refractivity contribution in [3.8, 4) is 0 Å². The second-order valence-electron chi connectivity index (χ2n) is 5.20. The molecule has 2 saturated heterocycles. The van der Waals surface area contributed by atoms with Gasteiger partial charge in [0.15, 0.2) is 5.82 Å². The molecule has 0 aromatic carbocycles. The van der Waals surface area contributed by atoms with Crippen LogP contribution in [-0.4, -0.2) is 39.6 Å². The van der Waals surface area contributed by atoms with E-state index in [4.69, 9.17) is 4.74 Å². The smallest absolute Gasteiger partial charge is 0.308 e. The summed E-state index contributed by atoms with van der Waals surface area (Å²) in [4.78, 5) is 17.9. The molecule has 19 heavy (non-hydrogen) atoms. The van der Waals surface area contributed by atoms with Crippen LogP contribution in [0, 0.1) is 5.92 Å². The third kappa shape index (κ3) is 2.01. The van der Waals surface area contributed by atoms with Gasteiger partial charge in [0.05, 0.1) is 5.92 Å². The van der Waals surface area contributed by atoms with Crippen LogP contribution in [0.2, 0.25) is 0 Å². The lowest BCUT2D eigenvalue weighted by Crippen LogP contribution is -2.32. The summed E-state index contributed by atoms with van der Waals surface area (Å²) in [6.07, 6.45) is 2.61. The Bertz CT molecular complexity index is 492. The van der Waals surface area contributed by atoms with Gasteiger partial charge in [-0.05, 0) is 26.2 Å². The first kappa shape index (κ1) is 12.8. The minimum Gasteiger partial charge on any atom is -0.481 e. The van der Waals surface area contributed by atoms with Crippen LogP contribution >= 0.6 is 11.5 Å². The van der Waals surface area contributed by atoms with Crippen molar-refractivity contribution in [3.63, 3.8) is 0 Å². The van der Waals surface area contributed by atoms with E-state index < -0.39 is 5.97 Å². The number of carboxylic acid groups (broad SMARTS) is 1. The molecule has 1 N–H and O–H groups in total. The van der Waals surface area contributed by atoms with Crippen molar-refractivity contribution in [1.29, 1.82) is 0 Å². The highest BCUT2D eigenvalue weighted by Gasteiger charge is 2.50. The van der Waals surface area contributed by atoms with Crippen molar-refractivity contribution in [2.45, 2.75) is 44.4 Å². The maximum Gasteiger partial charge on any atom is 0.308 e. The second-order valence-corrected chi connectivity index (χ2v) is 5.93. The number of hydrogen-bond acceptors (Lipinski definition) is 6. The first-order valence-electron chi connectivity index (χ1n) is 6.49. The number of anilines is 1. The number of fused-ring (bicyclic) bond motifs is 2. The Morgan fingerprint density at radius 1 is 1.58 bits per heavy atom. The molecule has 104 valence electrons. The molecule has 0 aliphatic carbocycles. The van der Waals surface area contributed by atoms with E-state index in [0.29, 0.717) is 11.9 Å². The van der Waals surface area contributed by atoms with Gasteiger partial charge in [0.25, 0.3) is 0 Å². The lowest BCUT2D eigenvalue weighted by atomic mass is 9.89. The molecule has 0 amide bonds. The summed E-state index contributed by atoms with van der Waals surface area (Å²) in [7, 11) is 1.63. The van der Waals surface area contributed by atoms with Crippen molar-refractivity contribution in [3.05, 3.63) is 5.82 Å². The number of rotatable bonds is 4. The number of methoxy groups -OCH3 is 1. The predicted molar refractivity (Wildman–Crippen MR) is 70.4 cm³/mol. The lowest BCUT2D eigenvalue weighted by Gasteiger charge is -2.21. The quantitative estimate of drug-likeness (QED) is 0.906. The Morgan fingerprint density at radius 3 is 3.00 bits per heavy atom. The first-order valence-corrected chi connectivity index (χ1v) is 7.26. The predicted octanol–water partition coefficient (Wildman–Crippen LogP) is 1.69. The van der Waals surface area contributed by atoms with Gasteiger partial charge in [-0.1, -0.05) is 0 Å². The van der Waals surface area contributed by atoms with Crippen LogP contribution in [-0.2, 0) is 9.53 Å². The number of aliphatic carboxylic acids is 1. The average Bonchev–Trinajstić information content (AvgIpc) is 3.09. The summed E-state index contributed by atoms with van der Waals surface area (Å²) >= 11 is 1.34. The topological polar surface area (TPSA) is 75.5 Å². The Labute approximate surface area is 115 Å². The highest BCUT2D eigenvalue weighted by atomic mass is 32.1. The highest BCUT2D eigenvalue weighted by Crippen LogP contribution is 2.45. The zero-order valence-corrected chi connectivity index (χ0v) is 11.8. The van der Waals surface area contributed by atoms with E-state index in [0.717, 1.165) is 24.4 Å². The summed E-state index contributed by atoms with van der Waals surface area (Å²) < 4.78 is 9.52. The van der Waals surface area contributed by atoms with E-state index >= 15 is 0 Å². The Balaban J connectivity index is 1.83. The molecule has 4 unspecified atom stereocenters. The van der Waals surface area contributed by atoms with Crippen LogP contribution in [0.3, 0.4) is 0 Å². The molecule has 2 bridgehead atoms. The van der Waals surface area contributed by atoms with Gasteiger partial charge in [-0.2, -0.15) is 4.37 Å². The average molecular weight is 283 g/mol. The summed E-state index contributed by atoms with van der Waals surface area (Å²) in [5, 5.41) is 10.1. The largest absolute Gasteiger partial charge is 0.481 e. The first-order chi connectivity index (χ1) is 9.11. The molecule has 3 rings (SSSR count). The van der Waals surface area contributed by atoms with Crippen molar-refractivity contribution in [2.75, 3.05) is 12.0 Å². The van der Waals surface area contributed by atoms with Crippen molar-refractivity contribution >= 4 is 22.6 Å². The molecule has 6 nitrogen and oxygen atoms in total. The van der Waals surface area contributed by atoms with Crippen molar-refractivity contribution < 1.29 is 14.6 Å². The summed E-state index contributed by atoms with van der Waals surface area (Å²) in [6.45, 7) is 1.91. The minimum absolute atomic E-state index is 0.0844. The summed E-state index contributed by atoms with van der Waals surface area (Å²) in [5.41, 5.74) is 0. The van der Waals surface area contributed by atoms with Gasteiger partial charge in [0.2, 0.25) is 5.13 Å². The maximum absolute atomic E-state index is 11.2. The van der Waals surface area contributed by atoms with E-state index in [1.165, 1.54) is 11.5 Å². The van der Waals surface area contributed by atoms with Gasteiger partial charge < -0.3 is 14.7 Å². The van der Waals surface area contributed by atoms with Gasteiger partial charge in [-0.15, -0.1) is 0 Å². The van der Waals surface area contributed by atoms with Crippen molar-refractivity contribution in [1.82, 2.24) is 9.36 Å². The van der Waals surface area contributed by atoms with Gasteiger partial charge in [0, 0.05) is 30.7 Å². The third-order valence-electron chi connectivity index (χ3n) is 4.22. The maximum atomic E-state index is 11.2. The Hall–Kier alpha value is -1.21. The summed E-state index contributed by atoms with van der Waals surface area (Å²) in [6, 6.07) is 0.394. The van der Waals surface area contributed by atoms with Crippen LogP contribution < -0.4 is 4.90 Å². The molecular weight excluding hydrogens is 266 g/mol. The summed E-state index contributed by atoms with van der Waals surface area (Å²) in [5.74, 6) is -0.265. The SMILES string of the molecule is COC(C)c1nsc(N2C3CCC2C(C(=O)O)C3)n1. The molecule has 4 atom stereocenters. The van der Waals surface area contributed by atoms with E-state index in [2.05, 4.69) is 14.3 Å². The molecule has 0 spiro atoms. The fraction of sp³-hybridized carbons (Fsp3) is 0.750. The van der Waals surface area contributed by atoms with Crippen molar-refractivity contribution in [2.24, 2.45) is 5.92 Å². The molecule has 0 radical (unpaired) electrons. The molecule has 7 heteroatoms. The third-order valence-corrected chi connectivity index (χ3v) is 4.97. The molecular formula is C12H17N3O3S. The fourth-order valence-corrected chi connectivity index (χ4v) is 4.03. The van der Waals surface area contributed by atoms with Crippen LogP contribution in [0.25, 0.3) is 0 Å². The molecule has 2 fully saturated rings. The van der Waals surface area contributed by atoms with Gasteiger partial charge in [-0.25, -0.2) is 4.98 Å². The molecule has 1 aromatic heterocycles. The van der Waals surface area contributed by atoms with Gasteiger partial charge in [0.1, 0.15) is 6.10 Å². The van der Waals surface area contributed by atoms with Gasteiger partial charge in [-0.3, -0.25) is 4.79 Å². The zero-order chi connectivity index (χ0) is 13.6. The van der Waals surface area contributed by atoms with Crippen LogP contribution in [0.1, 0.15) is 38.1 Å². The second kappa shape index (κ2) is 4.72. The normalized spacial score (nSPS) is 30.8. The van der Waals surface area contributed by atoms with Crippen LogP contribution in [0.4, 0.5) is 5.13 Å².